The van der Waals surface area contributed by atoms with Crippen molar-refractivity contribution >= 4 is 21.6 Å². The quantitative estimate of drug-likeness (QED) is 0.624. The van der Waals surface area contributed by atoms with Gasteiger partial charge in [-0.2, -0.15) is 4.31 Å². The largest absolute Gasteiger partial charge is 0.373 e. The maximum absolute atomic E-state index is 14.3. The van der Waals surface area contributed by atoms with E-state index in [0.29, 0.717) is 26.2 Å². The van der Waals surface area contributed by atoms with Gasteiger partial charge in [0.2, 0.25) is 10.0 Å². The van der Waals surface area contributed by atoms with Crippen LogP contribution in [0, 0.1) is 5.82 Å². The van der Waals surface area contributed by atoms with Gasteiger partial charge in [-0.05, 0) is 30.3 Å². The molecule has 0 bridgehead atoms. The van der Waals surface area contributed by atoms with E-state index in [1.807, 2.05) is 42.3 Å². The zero-order valence-corrected chi connectivity index (χ0v) is 18.1. The first-order valence-corrected chi connectivity index (χ1v) is 11.0. The molecule has 0 heterocycles. The summed E-state index contributed by atoms with van der Waals surface area (Å²) in [5.74, 6) is -1.29. The van der Waals surface area contributed by atoms with Crippen LogP contribution in [-0.4, -0.2) is 63.8 Å². The van der Waals surface area contributed by atoms with Crippen LogP contribution < -0.4 is 4.90 Å². The van der Waals surface area contributed by atoms with Gasteiger partial charge in [-0.1, -0.05) is 32.0 Å². The molecule has 0 aliphatic carbocycles. The fourth-order valence-corrected chi connectivity index (χ4v) is 4.44. The molecule has 0 radical (unpaired) electrons. The lowest BCUT2D eigenvalue weighted by atomic mass is 10.2. The number of benzene rings is 2. The monoisotopic (exact) mass is 421 g/mol. The Kier molecular flexibility index (Phi) is 7.75. The van der Waals surface area contributed by atoms with Crippen molar-refractivity contribution in [2.75, 3.05) is 45.2 Å². The lowest BCUT2D eigenvalue weighted by Crippen LogP contribution is -2.35. The van der Waals surface area contributed by atoms with E-state index in [-0.39, 0.29) is 10.5 Å². The zero-order valence-electron chi connectivity index (χ0n) is 17.3. The van der Waals surface area contributed by atoms with Crippen molar-refractivity contribution in [1.29, 1.82) is 0 Å². The van der Waals surface area contributed by atoms with E-state index in [1.54, 1.807) is 20.9 Å². The topological polar surface area (TPSA) is 60.9 Å². The molecule has 0 spiro atoms. The Bertz CT molecular complexity index is 931. The highest BCUT2D eigenvalue weighted by Gasteiger charge is 2.25. The molecule has 0 unspecified atom stereocenters. The predicted octanol–water partition coefficient (Wildman–Crippen LogP) is 3.06. The van der Waals surface area contributed by atoms with Crippen LogP contribution in [-0.2, 0) is 10.0 Å². The van der Waals surface area contributed by atoms with Crippen LogP contribution in [0.4, 0.5) is 10.1 Å². The van der Waals surface area contributed by atoms with Gasteiger partial charge in [0.1, 0.15) is 5.82 Å². The summed E-state index contributed by atoms with van der Waals surface area (Å²) in [5, 5.41) is 0. The van der Waals surface area contributed by atoms with Gasteiger partial charge in [-0.25, -0.2) is 12.8 Å². The van der Waals surface area contributed by atoms with E-state index in [9.17, 15) is 17.6 Å². The minimum atomic E-state index is -3.77. The van der Waals surface area contributed by atoms with Crippen molar-refractivity contribution in [3.63, 3.8) is 0 Å². The lowest BCUT2D eigenvalue weighted by molar-refractivity contribution is 0.0794. The average molecular weight is 422 g/mol. The Hall–Kier alpha value is -2.45. The molecule has 0 saturated carbocycles. The maximum Gasteiger partial charge on any atom is 0.256 e. The molecule has 0 aliphatic heterocycles. The Labute approximate surface area is 172 Å². The molecule has 0 fully saturated rings. The normalized spacial score (nSPS) is 11.5. The minimum absolute atomic E-state index is 0.0826. The van der Waals surface area contributed by atoms with Crippen LogP contribution in [0.3, 0.4) is 0 Å². The molecule has 1 amide bonds. The summed E-state index contributed by atoms with van der Waals surface area (Å²) in [6.07, 6.45) is 0. The maximum atomic E-state index is 14.3. The third-order valence-corrected chi connectivity index (χ3v) is 6.87. The number of likely N-dealkylation sites (N-methyl/N-ethyl adjacent to an activating group) is 2. The van der Waals surface area contributed by atoms with Crippen molar-refractivity contribution < 1.29 is 17.6 Å². The molecule has 29 heavy (non-hydrogen) atoms. The molecule has 0 atom stereocenters. The second-order valence-corrected chi connectivity index (χ2v) is 8.65. The Morgan fingerprint density at radius 3 is 2.17 bits per heavy atom. The summed E-state index contributed by atoms with van der Waals surface area (Å²) in [6, 6.07) is 13.1. The molecule has 2 aromatic rings. The van der Waals surface area contributed by atoms with Gasteiger partial charge < -0.3 is 9.80 Å². The number of carbonyl (C=O) groups is 1. The predicted molar refractivity (Wildman–Crippen MR) is 113 cm³/mol. The highest BCUT2D eigenvalue weighted by atomic mass is 32.2. The van der Waals surface area contributed by atoms with Crippen molar-refractivity contribution in [2.45, 2.75) is 18.7 Å². The van der Waals surface area contributed by atoms with Crippen LogP contribution in [0.15, 0.2) is 53.4 Å². The van der Waals surface area contributed by atoms with Crippen LogP contribution in [0.1, 0.15) is 24.2 Å². The first-order valence-electron chi connectivity index (χ1n) is 9.53. The number of rotatable bonds is 9. The average Bonchev–Trinajstić information content (AvgIpc) is 2.72. The first-order chi connectivity index (χ1) is 13.7. The molecular weight excluding hydrogens is 393 g/mol. The Balaban J connectivity index is 2.17. The first kappa shape index (κ1) is 22.8. The molecular formula is C21H28FN3O3S. The van der Waals surface area contributed by atoms with E-state index < -0.39 is 21.7 Å². The number of hydrogen-bond donors (Lipinski definition) is 0. The smallest absolute Gasteiger partial charge is 0.256 e. The number of halogens is 1. The summed E-state index contributed by atoms with van der Waals surface area (Å²) in [4.78, 5) is 16.1. The second kappa shape index (κ2) is 9.84. The molecule has 6 nitrogen and oxygen atoms in total. The SMILES string of the molecule is CCN(CC)S(=O)(=O)c1ccc(F)c(C(=O)N(C)CCN(C)c2ccccc2)c1. The minimum Gasteiger partial charge on any atom is -0.373 e. The Morgan fingerprint density at radius 2 is 1.59 bits per heavy atom. The summed E-state index contributed by atoms with van der Waals surface area (Å²) in [5.41, 5.74) is 0.759. The van der Waals surface area contributed by atoms with Crippen molar-refractivity contribution in [3.8, 4) is 0 Å². The van der Waals surface area contributed by atoms with Crippen LogP contribution in [0.25, 0.3) is 0 Å². The highest BCUT2D eigenvalue weighted by Crippen LogP contribution is 2.20. The van der Waals surface area contributed by atoms with E-state index >= 15 is 0 Å². The number of nitrogens with zero attached hydrogens (tertiary/aromatic N) is 3. The molecule has 158 valence electrons. The van der Waals surface area contributed by atoms with Gasteiger partial charge in [0.25, 0.3) is 5.91 Å². The lowest BCUT2D eigenvalue weighted by Gasteiger charge is -2.24. The molecule has 0 saturated heterocycles. The van der Waals surface area contributed by atoms with Crippen LogP contribution in [0.5, 0.6) is 0 Å². The van der Waals surface area contributed by atoms with Gasteiger partial charge in [0, 0.05) is 46.0 Å². The van der Waals surface area contributed by atoms with Crippen molar-refractivity contribution in [2.24, 2.45) is 0 Å². The molecule has 2 aromatic carbocycles. The van der Waals surface area contributed by atoms with Gasteiger partial charge in [0.15, 0.2) is 0 Å². The molecule has 0 N–H and O–H groups in total. The highest BCUT2D eigenvalue weighted by molar-refractivity contribution is 7.89. The van der Waals surface area contributed by atoms with Gasteiger partial charge in [-0.15, -0.1) is 0 Å². The van der Waals surface area contributed by atoms with Crippen molar-refractivity contribution in [3.05, 3.63) is 59.9 Å². The summed E-state index contributed by atoms with van der Waals surface area (Å²) in [6.45, 7) is 4.96. The summed E-state index contributed by atoms with van der Waals surface area (Å²) in [7, 11) is -0.290. The van der Waals surface area contributed by atoms with Crippen LogP contribution >= 0.6 is 0 Å². The Morgan fingerprint density at radius 1 is 0.966 bits per heavy atom. The third kappa shape index (κ3) is 5.33. The number of hydrogen-bond acceptors (Lipinski definition) is 4. The molecule has 0 aromatic heterocycles. The van der Waals surface area contributed by atoms with Gasteiger partial charge in [0.05, 0.1) is 10.5 Å². The number of para-hydroxylation sites is 1. The van der Waals surface area contributed by atoms with Crippen LogP contribution in [0.2, 0.25) is 0 Å². The number of amides is 1. The van der Waals surface area contributed by atoms with Gasteiger partial charge >= 0.3 is 0 Å². The number of sulfonamides is 1. The number of carbonyl (C=O) groups excluding carboxylic acids is 1. The summed E-state index contributed by atoms with van der Waals surface area (Å²) < 4.78 is 41.0. The zero-order chi connectivity index (χ0) is 21.6. The standard InChI is InChI=1S/C21H28FN3O3S/c1-5-25(6-2)29(27,28)18-12-13-20(22)19(16-18)21(26)24(4)15-14-23(3)17-10-8-7-9-11-17/h7-13,16H,5-6,14-15H2,1-4H3. The van der Waals surface area contributed by atoms with E-state index in [1.165, 1.54) is 15.3 Å². The fraction of sp³-hybridized carbons (Fsp3) is 0.381. The molecule has 2 rings (SSSR count). The second-order valence-electron chi connectivity index (χ2n) is 6.71. The van der Waals surface area contributed by atoms with E-state index in [0.717, 1.165) is 17.8 Å². The summed E-state index contributed by atoms with van der Waals surface area (Å²) >= 11 is 0. The van der Waals surface area contributed by atoms with E-state index in [4.69, 9.17) is 0 Å². The third-order valence-electron chi connectivity index (χ3n) is 4.83. The number of anilines is 1. The molecule has 0 aliphatic rings. The van der Waals surface area contributed by atoms with Crippen molar-refractivity contribution in [1.82, 2.24) is 9.21 Å². The molecule has 8 heteroatoms. The van der Waals surface area contributed by atoms with E-state index in [2.05, 4.69) is 0 Å². The fourth-order valence-electron chi connectivity index (χ4n) is 2.96. The van der Waals surface area contributed by atoms with Gasteiger partial charge in [-0.3, -0.25) is 4.79 Å².